The van der Waals surface area contributed by atoms with Crippen molar-refractivity contribution in [3.8, 4) is 0 Å². The lowest BCUT2D eigenvalue weighted by molar-refractivity contribution is -0.184. The molecule has 1 aliphatic rings. The van der Waals surface area contributed by atoms with Gasteiger partial charge in [-0.1, -0.05) is 24.6 Å². The minimum Gasteiger partial charge on any atom is -0.353 e. The van der Waals surface area contributed by atoms with Crippen molar-refractivity contribution >= 4 is 16.8 Å². The maximum absolute atomic E-state index is 12.9. The molecule has 1 aromatic heterocycles. The van der Waals surface area contributed by atoms with Gasteiger partial charge in [0.1, 0.15) is 0 Å². The molecular formula is C20H23F3N2O. The van der Waals surface area contributed by atoms with Crippen molar-refractivity contribution in [2.45, 2.75) is 58.2 Å². The van der Waals surface area contributed by atoms with E-state index < -0.39 is 18.1 Å². The van der Waals surface area contributed by atoms with Gasteiger partial charge in [0, 0.05) is 17.1 Å². The van der Waals surface area contributed by atoms with Gasteiger partial charge in [0.15, 0.2) is 0 Å². The summed E-state index contributed by atoms with van der Waals surface area (Å²) in [5, 5.41) is 3.80. The topological polar surface area (TPSA) is 42.0 Å². The fraction of sp³-hybridized carbons (Fsp3) is 0.500. The Hall–Kier alpha value is -2.11. The first kappa shape index (κ1) is 18.7. The van der Waals surface area contributed by atoms with Crippen molar-refractivity contribution in [1.82, 2.24) is 10.3 Å². The number of carbonyl (C=O) groups excluding carboxylic acids is 1. The molecule has 1 fully saturated rings. The van der Waals surface area contributed by atoms with E-state index in [4.69, 9.17) is 0 Å². The normalized spacial score (nSPS) is 21.0. The third kappa shape index (κ3) is 4.00. The number of aryl methyl sites for hydroxylation is 2. The van der Waals surface area contributed by atoms with Crippen molar-refractivity contribution in [3.63, 3.8) is 0 Å². The quantitative estimate of drug-likeness (QED) is 0.863. The highest BCUT2D eigenvalue weighted by Gasteiger charge is 2.42. The Bertz CT molecular complexity index is 817. The van der Waals surface area contributed by atoms with Crippen LogP contribution in [0.3, 0.4) is 0 Å². The summed E-state index contributed by atoms with van der Waals surface area (Å²) in [5.41, 5.74) is 3.52. The fourth-order valence-electron chi connectivity index (χ4n) is 3.89. The molecule has 0 bridgehead atoms. The summed E-state index contributed by atoms with van der Waals surface area (Å²) in [7, 11) is 0. The van der Waals surface area contributed by atoms with Gasteiger partial charge in [-0.15, -0.1) is 0 Å². The number of amides is 1. The number of halogens is 3. The number of rotatable bonds is 3. The zero-order valence-corrected chi connectivity index (χ0v) is 15.0. The predicted octanol–water partition coefficient (Wildman–Crippen LogP) is 4.63. The van der Waals surface area contributed by atoms with Crippen LogP contribution >= 0.6 is 0 Å². The maximum atomic E-state index is 12.9. The number of nitrogens with zero attached hydrogens (tertiary/aromatic N) is 1. The molecule has 1 N–H and O–H groups in total. The van der Waals surface area contributed by atoms with Gasteiger partial charge in [-0.25, -0.2) is 0 Å². The van der Waals surface area contributed by atoms with Crippen molar-refractivity contribution in [2.24, 2.45) is 5.92 Å². The first-order valence-electron chi connectivity index (χ1n) is 8.96. The van der Waals surface area contributed by atoms with E-state index in [1.807, 2.05) is 38.1 Å². The summed E-state index contributed by atoms with van der Waals surface area (Å²) in [5.74, 6) is -1.55. The Morgan fingerprint density at radius 1 is 1.23 bits per heavy atom. The van der Waals surface area contributed by atoms with E-state index in [-0.39, 0.29) is 25.2 Å². The molecular weight excluding hydrogens is 341 g/mol. The zero-order chi connectivity index (χ0) is 18.9. The van der Waals surface area contributed by atoms with Crippen LogP contribution < -0.4 is 5.32 Å². The predicted molar refractivity (Wildman–Crippen MR) is 94.9 cm³/mol. The van der Waals surface area contributed by atoms with Gasteiger partial charge in [0.2, 0.25) is 5.91 Å². The van der Waals surface area contributed by atoms with Crippen molar-refractivity contribution in [2.75, 3.05) is 0 Å². The molecule has 140 valence electrons. The molecule has 3 nitrogen and oxygen atoms in total. The fourth-order valence-corrected chi connectivity index (χ4v) is 3.89. The van der Waals surface area contributed by atoms with Crippen LogP contribution in [0.1, 0.15) is 42.5 Å². The monoisotopic (exact) mass is 364 g/mol. The summed E-state index contributed by atoms with van der Waals surface area (Å²) in [6.07, 6.45) is -2.82. The number of benzene rings is 1. The third-order valence-corrected chi connectivity index (χ3v) is 5.33. The Balaban J connectivity index is 1.71. The highest BCUT2D eigenvalue weighted by molar-refractivity contribution is 5.86. The van der Waals surface area contributed by atoms with Crippen molar-refractivity contribution in [3.05, 3.63) is 41.1 Å². The molecule has 1 saturated carbocycles. The van der Waals surface area contributed by atoms with E-state index in [0.29, 0.717) is 12.8 Å². The average molecular weight is 364 g/mol. The van der Waals surface area contributed by atoms with Crippen LogP contribution in [0.25, 0.3) is 10.9 Å². The lowest BCUT2D eigenvalue weighted by Crippen LogP contribution is -2.42. The van der Waals surface area contributed by atoms with E-state index in [1.165, 1.54) is 0 Å². The summed E-state index contributed by atoms with van der Waals surface area (Å²) in [6.45, 7) is 3.82. The van der Waals surface area contributed by atoms with E-state index in [9.17, 15) is 18.0 Å². The second-order valence-electron chi connectivity index (χ2n) is 7.16. The van der Waals surface area contributed by atoms with Crippen LogP contribution in [0, 0.1) is 19.8 Å². The van der Waals surface area contributed by atoms with Gasteiger partial charge in [-0.3, -0.25) is 9.78 Å². The van der Waals surface area contributed by atoms with Crippen LogP contribution in [-0.4, -0.2) is 23.1 Å². The number of fused-ring (bicyclic) bond motifs is 1. The molecule has 1 amide bonds. The van der Waals surface area contributed by atoms with Crippen LogP contribution in [0.5, 0.6) is 0 Å². The van der Waals surface area contributed by atoms with Crippen LogP contribution in [0.2, 0.25) is 0 Å². The molecule has 1 heterocycles. The number of aromatic nitrogens is 1. The first-order chi connectivity index (χ1) is 12.3. The largest absolute Gasteiger partial charge is 0.391 e. The zero-order valence-electron chi connectivity index (χ0n) is 15.0. The third-order valence-electron chi connectivity index (χ3n) is 5.33. The van der Waals surface area contributed by atoms with Gasteiger partial charge in [0.25, 0.3) is 0 Å². The molecule has 2 unspecified atom stereocenters. The highest BCUT2D eigenvalue weighted by atomic mass is 19.4. The van der Waals surface area contributed by atoms with Gasteiger partial charge in [0.05, 0.1) is 17.9 Å². The smallest absolute Gasteiger partial charge is 0.353 e. The molecule has 26 heavy (non-hydrogen) atoms. The molecule has 2 aromatic rings. The lowest BCUT2D eigenvalue weighted by atomic mass is 9.85. The molecule has 0 radical (unpaired) electrons. The Labute approximate surface area is 151 Å². The van der Waals surface area contributed by atoms with Gasteiger partial charge >= 0.3 is 6.18 Å². The number of pyridine rings is 1. The summed E-state index contributed by atoms with van der Waals surface area (Å²) < 4.78 is 38.8. The number of nitrogens with one attached hydrogen (secondary N) is 1. The first-order valence-corrected chi connectivity index (χ1v) is 8.96. The minimum atomic E-state index is -4.18. The van der Waals surface area contributed by atoms with Crippen molar-refractivity contribution in [1.29, 1.82) is 0 Å². The van der Waals surface area contributed by atoms with E-state index in [2.05, 4.69) is 10.3 Å². The molecule has 1 aromatic carbocycles. The number of para-hydroxylation sites is 1. The van der Waals surface area contributed by atoms with Crippen molar-refractivity contribution < 1.29 is 18.0 Å². The molecule has 2 atom stereocenters. The van der Waals surface area contributed by atoms with Crippen LogP contribution in [0.15, 0.2) is 24.3 Å². The number of alkyl halides is 3. The molecule has 6 heteroatoms. The van der Waals surface area contributed by atoms with E-state index >= 15 is 0 Å². The lowest BCUT2D eigenvalue weighted by Gasteiger charge is -2.31. The number of hydrogen-bond acceptors (Lipinski definition) is 2. The Morgan fingerprint density at radius 3 is 2.69 bits per heavy atom. The second-order valence-corrected chi connectivity index (χ2v) is 7.16. The molecule has 3 rings (SSSR count). The average Bonchev–Trinajstić information content (AvgIpc) is 2.58. The highest BCUT2D eigenvalue weighted by Crippen LogP contribution is 2.37. The Morgan fingerprint density at radius 2 is 1.96 bits per heavy atom. The van der Waals surface area contributed by atoms with Gasteiger partial charge in [-0.2, -0.15) is 13.2 Å². The molecule has 0 aliphatic heterocycles. The summed E-state index contributed by atoms with van der Waals surface area (Å²) in [6, 6.07) is 7.33. The number of hydrogen-bond donors (Lipinski definition) is 1. The molecule has 0 spiro atoms. The van der Waals surface area contributed by atoms with E-state index in [0.717, 1.165) is 27.7 Å². The standard InChI is InChI=1S/C20H23F3N2O/c1-12-16-8-3-4-9-18(16)24-13(2)17(12)11-19(26)25-15-7-5-6-14(10-15)20(21,22)23/h3-4,8-9,14-15H,5-7,10-11H2,1-2H3,(H,25,26). The Kier molecular flexibility index (Phi) is 5.21. The SMILES string of the molecule is Cc1nc2ccccc2c(C)c1CC(=O)NC1CCCC(C(F)(F)F)C1. The molecule has 0 saturated heterocycles. The number of carbonyl (C=O) groups is 1. The van der Waals surface area contributed by atoms with Crippen LogP contribution in [0.4, 0.5) is 13.2 Å². The van der Waals surface area contributed by atoms with Gasteiger partial charge < -0.3 is 5.32 Å². The van der Waals surface area contributed by atoms with E-state index in [1.54, 1.807) is 0 Å². The summed E-state index contributed by atoms with van der Waals surface area (Å²) in [4.78, 5) is 17.0. The molecule has 1 aliphatic carbocycles. The second kappa shape index (κ2) is 7.25. The summed E-state index contributed by atoms with van der Waals surface area (Å²) >= 11 is 0. The maximum Gasteiger partial charge on any atom is 0.391 e. The van der Waals surface area contributed by atoms with Crippen LogP contribution in [-0.2, 0) is 11.2 Å². The minimum absolute atomic E-state index is 0.0246. The van der Waals surface area contributed by atoms with Gasteiger partial charge in [-0.05, 0) is 50.3 Å².